The number of piperazine rings is 1. The molecule has 2 aromatic rings. The molecule has 2 aliphatic heterocycles. The molecule has 0 unspecified atom stereocenters. The predicted molar refractivity (Wildman–Crippen MR) is 98.9 cm³/mol. The summed E-state index contributed by atoms with van der Waals surface area (Å²) < 4.78 is 15.8. The van der Waals surface area contributed by atoms with Gasteiger partial charge in [-0.25, -0.2) is 4.79 Å². The zero-order valence-electron chi connectivity index (χ0n) is 15.4. The molecule has 146 valence electrons. The Bertz CT molecular complexity index is 850. The summed E-state index contributed by atoms with van der Waals surface area (Å²) in [6.07, 6.45) is 2.99. The van der Waals surface area contributed by atoms with E-state index >= 15 is 0 Å². The summed E-state index contributed by atoms with van der Waals surface area (Å²) in [5.74, 6) is 0.838. The van der Waals surface area contributed by atoms with Crippen LogP contribution in [0.15, 0.2) is 42.7 Å². The van der Waals surface area contributed by atoms with Crippen LogP contribution >= 0.6 is 0 Å². The maximum atomic E-state index is 12.3. The highest BCUT2D eigenvalue weighted by molar-refractivity contribution is 5.90. The van der Waals surface area contributed by atoms with Crippen LogP contribution in [0, 0.1) is 0 Å². The fourth-order valence-electron chi connectivity index (χ4n) is 3.24. The Morgan fingerprint density at radius 1 is 1.07 bits per heavy atom. The van der Waals surface area contributed by atoms with Gasteiger partial charge in [-0.2, -0.15) is 0 Å². The van der Waals surface area contributed by atoms with Gasteiger partial charge in [-0.05, 0) is 29.8 Å². The van der Waals surface area contributed by atoms with Crippen molar-refractivity contribution in [2.24, 2.45) is 0 Å². The molecule has 0 bridgehead atoms. The van der Waals surface area contributed by atoms with Gasteiger partial charge in [0.15, 0.2) is 18.1 Å². The number of carbonyl (C=O) groups is 2. The Kier molecular flexibility index (Phi) is 5.38. The van der Waals surface area contributed by atoms with E-state index in [9.17, 15) is 9.59 Å². The molecule has 0 N–H and O–H groups in total. The number of carbonyl (C=O) groups excluding carboxylic acids is 2. The molecule has 1 aromatic carbocycles. The second-order valence-electron chi connectivity index (χ2n) is 6.66. The summed E-state index contributed by atoms with van der Waals surface area (Å²) in [7, 11) is 0. The Hall–Kier alpha value is -3.13. The molecule has 0 saturated carbocycles. The molecule has 1 amide bonds. The minimum Gasteiger partial charge on any atom is -0.454 e. The number of ether oxygens (including phenoxy) is 3. The largest absolute Gasteiger partial charge is 0.454 e. The molecule has 8 nitrogen and oxygen atoms in total. The summed E-state index contributed by atoms with van der Waals surface area (Å²) in [5, 5.41) is 0. The third-order valence-electron chi connectivity index (χ3n) is 4.79. The predicted octanol–water partition coefficient (Wildman–Crippen LogP) is 1.31. The average molecular weight is 383 g/mol. The van der Waals surface area contributed by atoms with Crippen molar-refractivity contribution in [1.82, 2.24) is 14.8 Å². The Morgan fingerprint density at radius 2 is 1.89 bits per heavy atom. The number of aromatic nitrogens is 1. The topological polar surface area (TPSA) is 81.2 Å². The summed E-state index contributed by atoms with van der Waals surface area (Å²) >= 11 is 0. The van der Waals surface area contributed by atoms with Crippen LogP contribution in [-0.4, -0.2) is 66.2 Å². The second-order valence-corrected chi connectivity index (χ2v) is 6.66. The van der Waals surface area contributed by atoms with Gasteiger partial charge in [0.05, 0.1) is 5.56 Å². The van der Waals surface area contributed by atoms with Crippen molar-refractivity contribution in [2.45, 2.75) is 6.54 Å². The number of pyridine rings is 1. The molecular formula is C20H21N3O5. The lowest BCUT2D eigenvalue weighted by atomic mass is 10.1. The number of fused-ring (bicyclic) bond motifs is 1. The minimum atomic E-state index is -0.539. The van der Waals surface area contributed by atoms with Gasteiger partial charge in [0, 0.05) is 45.1 Å². The zero-order valence-corrected chi connectivity index (χ0v) is 15.4. The van der Waals surface area contributed by atoms with E-state index in [4.69, 9.17) is 14.2 Å². The van der Waals surface area contributed by atoms with Gasteiger partial charge in [-0.3, -0.25) is 14.7 Å². The van der Waals surface area contributed by atoms with E-state index in [1.807, 2.05) is 18.2 Å². The van der Waals surface area contributed by atoms with E-state index in [1.165, 1.54) is 6.20 Å². The molecular weight excluding hydrogens is 362 g/mol. The average Bonchev–Trinajstić information content (AvgIpc) is 3.21. The summed E-state index contributed by atoms with van der Waals surface area (Å²) in [4.78, 5) is 32.1. The molecule has 4 rings (SSSR count). The Labute approximate surface area is 162 Å². The first-order valence-corrected chi connectivity index (χ1v) is 9.15. The lowest BCUT2D eigenvalue weighted by Gasteiger charge is -2.34. The van der Waals surface area contributed by atoms with Gasteiger partial charge < -0.3 is 19.1 Å². The molecule has 28 heavy (non-hydrogen) atoms. The SMILES string of the molecule is O=C(OCC(=O)N1CCN(Cc2ccc3c(c2)OCO3)CC1)c1cccnc1. The van der Waals surface area contributed by atoms with Crippen LogP contribution < -0.4 is 9.47 Å². The smallest absolute Gasteiger partial charge is 0.340 e. The standard InChI is InChI=1S/C20H21N3O5/c24-19(13-26-20(25)16-2-1-5-21-11-16)23-8-6-22(7-9-23)12-15-3-4-17-18(10-15)28-14-27-17/h1-5,10-11H,6-9,12-14H2. The maximum Gasteiger partial charge on any atom is 0.340 e. The van der Waals surface area contributed by atoms with E-state index in [1.54, 1.807) is 23.2 Å². The first-order valence-electron chi connectivity index (χ1n) is 9.15. The summed E-state index contributed by atoms with van der Waals surface area (Å²) in [6.45, 7) is 3.53. The molecule has 0 radical (unpaired) electrons. The molecule has 2 aliphatic rings. The second kappa shape index (κ2) is 8.26. The van der Waals surface area contributed by atoms with Gasteiger partial charge in [-0.15, -0.1) is 0 Å². The highest BCUT2D eigenvalue weighted by Gasteiger charge is 2.23. The van der Waals surface area contributed by atoms with Crippen LogP contribution in [0.1, 0.15) is 15.9 Å². The van der Waals surface area contributed by atoms with Crippen LogP contribution in [0.3, 0.4) is 0 Å². The molecule has 1 saturated heterocycles. The van der Waals surface area contributed by atoms with E-state index in [-0.39, 0.29) is 19.3 Å². The van der Waals surface area contributed by atoms with Crippen LogP contribution in [0.2, 0.25) is 0 Å². The molecule has 0 aliphatic carbocycles. The van der Waals surface area contributed by atoms with Crippen molar-refractivity contribution in [3.05, 3.63) is 53.9 Å². The number of rotatable bonds is 5. The highest BCUT2D eigenvalue weighted by Crippen LogP contribution is 2.32. The zero-order chi connectivity index (χ0) is 19.3. The van der Waals surface area contributed by atoms with Crippen LogP contribution in [0.4, 0.5) is 0 Å². The highest BCUT2D eigenvalue weighted by atomic mass is 16.7. The quantitative estimate of drug-likeness (QED) is 0.720. The van der Waals surface area contributed by atoms with Crippen LogP contribution in [-0.2, 0) is 16.1 Å². The first-order chi connectivity index (χ1) is 13.7. The van der Waals surface area contributed by atoms with Crippen LogP contribution in [0.25, 0.3) is 0 Å². The van der Waals surface area contributed by atoms with Gasteiger partial charge >= 0.3 is 5.97 Å². The van der Waals surface area contributed by atoms with Crippen molar-refractivity contribution in [3.63, 3.8) is 0 Å². The molecule has 0 atom stereocenters. The van der Waals surface area contributed by atoms with Crippen molar-refractivity contribution in [2.75, 3.05) is 39.6 Å². The lowest BCUT2D eigenvalue weighted by Crippen LogP contribution is -2.49. The number of esters is 1. The number of benzene rings is 1. The van der Waals surface area contributed by atoms with E-state index in [2.05, 4.69) is 9.88 Å². The van der Waals surface area contributed by atoms with E-state index < -0.39 is 5.97 Å². The fourth-order valence-corrected chi connectivity index (χ4v) is 3.24. The molecule has 0 spiro atoms. The lowest BCUT2D eigenvalue weighted by molar-refractivity contribution is -0.136. The number of hydrogen-bond acceptors (Lipinski definition) is 7. The monoisotopic (exact) mass is 383 g/mol. The Morgan fingerprint density at radius 3 is 2.68 bits per heavy atom. The van der Waals surface area contributed by atoms with Gasteiger partial charge in [-0.1, -0.05) is 6.07 Å². The molecule has 1 aromatic heterocycles. The van der Waals surface area contributed by atoms with Gasteiger partial charge in [0.2, 0.25) is 6.79 Å². The van der Waals surface area contributed by atoms with E-state index in [0.29, 0.717) is 18.7 Å². The number of hydrogen-bond donors (Lipinski definition) is 0. The van der Waals surface area contributed by atoms with Crippen LogP contribution in [0.5, 0.6) is 11.5 Å². The van der Waals surface area contributed by atoms with Crippen molar-refractivity contribution in [3.8, 4) is 11.5 Å². The molecule has 1 fully saturated rings. The maximum absolute atomic E-state index is 12.3. The van der Waals surface area contributed by atoms with Crippen molar-refractivity contribution in [1.29, 1.82) is 0 Å². The van der Waals surface area contributed by atoms with Gasteiger partial charge in [0.25, 0.3) is 5.91 Å². The summed E-state index contributed by atoms with van der Waals surface area (Å²) in [6, 6.07) is 9.21. The third-order valence-corrected chi connectivity index (χ3v) is 4.79. The van der Waals surface area contributed by atoms with Crippen molar-refractivity contribution >= 4 is 11.9 Å². The number of amides is 1. The van der Waals surface area contributed by atoms with Gasteiger partial charge in [0.1, 0.15) is 0 Å². The fraction of sp³-hybridized carbons (Fsp3) is 0.350. The molecule has 8 heteroatoms. The first kappa shape index (κ1) is 18.2. The minimum absolute atomic E-state index is 0.181. The molecule has 3 heterocycles. The van der Waals surface area contributed by atoms with Crippen molar-refractivity contribution < 1.29 is 23.8 Å². The summed E-state index contributed by atoms with van der Waals surface area (Å²) in [5.41, 5.74) is 1.48. The third kappa shape index (κ3) is 4.23. The normalized spacial score (nSPS) is 16.1. The Balaban J connectivity index is 1.22. The number of nitrogens with zero attached hydrogens (tertiary/aromatic N) is 3. The van der Waals surface area contributed by atoms with E-state index in [0.717, 1.165) is 36.7 Å².